The van der Waals surface area contributed by atoms with Gasteiger partial charge in [-0.2, -0.15) is 0 Å². The number of hydrogen-bond donors (Lipinski definition) is 2. The van der Waals surface area contributed by atoms with Gasteiger partial charge in [-0.15, -0.1) is 0 Å². The van der Waals surface area contributed by atoms with E-state index >= 15 is 0 Å². The van der Waals surface area contributed by atoms with Gasteiger partial charge < -0.3 is 15.2 Å². The molecular weight excluding hydrogens is 282 g/mol. The molecule has 5 heteroatoms. The van der Waals surface area contributed by atoms with Crippen molar-refractivity contribution in [2.24, 2.45) is 5.92 Å². The lowest BCUT2D eigenvalue weighted by Crippen LogP contribution is -2.46. The van der Waals surface area contributed by atoms with Gasteiger partial charge in [-0.05, 0) is 43.5 Å². The molecule has 1 fully saturated rings. The fraction of sp³-hybridized carbons (Fsp3) is 0.529. The molecule has 1 aromatic rings. The van der Waals surface area contributed by atoms with E-state index in [2.05, 4.69) is 12.2 Å². The Morgan fingerprint density at radius 3 is 2.50 bits per heavy atom. The second-order valence-corrected chi connectivity index (χ2v) is 5.76. The predicted molar refractivity (Wildman–Crippen MR) is 83.1 cm³/mol. The van der Waals surface area contributed by atoms with Crippen molar-refractivity contribution >= 4 is 11.9 Å². The van der Waals surface area contributed by atoms with E-state index in [-0.39, 0.29) is 17.9 Å². The number of benzene rings is 1. The smallest absolute Gasteiger partial charge is 0.306 e. The summed E-state index contributed by atoms with van der Waals surface area (Å²) >= 11 is 0. The van der Waals surface area contributed by atoms with Crippen LogP contribution in [0.2, 0.25) is 0 Å². The molecule has 5 nitrogen and oxygen atoms in total. The van der Waals surface area contributed by atoms with Crippen molar-refractivity contribution in [3.8, 4) is 5.75 Å². The van der Waals surface area contributed by atoms with Crippen LogP contribution in [0.25, 0.3) is 0 Å². The monoisotopic (exact) mass is 305 g/mol. The van der Waals surface area contributed by atoms with Gasteiger partial charge in [0.05, 0.1) is 12.5 Å². The molecule has 120 valence electrons. The summed E-state index contributed by atoms with van der Waals surface area (Å²) in [5.74, 6) is -0.493. The van der Waals surface area contributed by atoms with E-state index in [1.54, 1.807) is 24.3 Å². The minimum absolute atomic E-state index is 0.0291. The number of ether oxygens (including phenoxy) is 1. The molecule has 1 aliphatic carbocycles. The Morgan fingerprint density at radius 2 is 1.91 bits per heavy atom. The SMILES string of the molecule is CCCCCOc1ccc(C(=O)NC2CC(C(=O)O)C2)cc1. The molecule has 1 saturated carbocycles. The molecule has 1 amide bonds. The van der Waals surface area contributed by atoms with E-state index in [0.29, 0.717) is 25.0 Å². The maximum atomic E-state index is 12.0. The number of carbonyl (C=O) groups excluding carboxylic acids is 1. The van der Waals surface area contributed by atoms with Crippen LogP contribution in [0.4, 0.5) is 0 Å². The molecule has 1 aliphatic rings. The molecule has 2 rings (SSSR count). The molecular formula is C17H23NO4. The Balaban J connectivity index is 1.75. The van der Waals surface area contributed by atoms with Crippen LogP contribution in [0.3, 0.4) is 0 Å². The number of carboxylic acids is 1. The van der Waals surface area contributed by atoms with Crippen LogP contribution < -0.4 is 10.1 Å². The number of amides is 1. The highest BCUT2D eigenvalue weighted by Crippen LogP contribution is 2.27. The standard InChI is InChI=1S/C17H23NO4/c1-2-3-4-9-22-15-7-5-12(6-8-15)16(19)18-14-10-13(11-14)17(20)21/h5-8,13-14H,2-4,9-11H2,1H3,(H,18,19)(H,20,21). The molecule has 0 heterocycles. The van der Waals surface area contributed by atoms with Crippen LogP contribution in [0.15, 0.2) is 24.3 Å². The number of aliphatic carboxylic acids is 1. The third-order valence-corrected chi connectivity index (χ3v) is 3.96. The molecule has 0 atom stereocenters. The number of carbonyl (C=O) groups is 2. The van der Waals surface area contributed by atoms with Crippen LogP contribution in [0.5, 0.6) is 5.75 Å². The van der Waals surface area contributed by atoms with Gasteiger partial charge >= 0.3 is 5.97 Å². The highest BCUT2D eigenvalue weighted by molar-refractivity contribution is 5.94. The number of hydrogen-bond acceptors (Lipinski definition) is 3. The lowest BCUT2D eigenvalue weighted by Gasteiger charge is -2.32. The molecule has 2 N–H and O–H groups in total. The fourth-order valence-electron chi connectivity index (χ4n) is 2.45. The van der Waals surface area contributed by atoms with Gasteiger partial charge in [-0.1, -0.05) is 19.8 Å². The first-order chi connectivity index (χ1) is 10.6. The van der Waals surface area contributed by atoms with Crippen molar-refractivity contribution in [1.29, 1.82) is 0 Å². The average molecular weight is 305 g/mol. The van der Waals surface area contributed by atoms with Crippen LogP contribution in [0.1, 0.15) is 49.4 Å². The Labute approximate surface area is 130 Å². The number of unbranched alkanes of at least 4 members (excludes halogenated alkanes) is 2. The van der Waals surface area contributed by atoms with Crippen LogP contribution in [-0.4, -0.2) is 29.6 Å². The molecule has 1 aromatic carbocycles. The van der Waals surface area contributed by atoms with Gasteiger partial charge in [0.2, 0.25) is 0 Å². The fourth-order valence-corrected chi connectivity index (χ4v) is 2.45. The first-order valence-corrected chi connectivity index (χ1v) is 7.86. The number of nitrogens with one attached hydrogen (secondary N) is 1. The molecule has 0 unspecified atom stereocenters. The summed E-state index contributed by atoms with van der Waals surface area (Å²) in [5.41, 5.74) is 0.569. The van der Waals surface area contributed by atoms with Gasteiger partial charge in [0, 0.05) is 11.6 Å². The molecule has 22 heavy (non-hydrogen) atoms. The van der Waals surface area contributed by atoms with Crippen molar-refractivity contribution < 1.29 is 19.4 Å². The van der Waals surface area contributed by atoms with Crippen LogP contribution in [-0.2, 0) is 4.79 Å². The van der Waals surface area contributed by atoms with Crippen molar-refractivity contribution in [3.63, 3.8) is 0 Å². The van der Waals surface area contributed by atoms with Crippen molar-refractivity contribution in [2.45, 2.75) is 45.1 Å². The average Bonchev–Trinajstić information content (AvgIpc) is 2.47. The van der Waals surface area contributed by atoms with E-state index in [0.717, 1.165) is 25.0 Å². The highest BCUT2D eigenvalue weighted by atomic mass is 16.5. The van der Waals surface area contributed by atoms with E-state index in [9.17, 15) is 9.59 Å². The van der Waals surface area contributed by atoms with Gasteiger partial charge in [0.25, 0.3) is 5.91 Å². The van der Waals surface area contributed by atoms with Crippen LogP contribution in [0, 0.1) is 5.92 Å². The minimum Gasteiger partial charge on any atom is -0.494 e. The summed E-state index contributed by atoms with van der Waals surface area (Å²) in [6, 6.07) is 7.03. The van der Waals surface area contributed by atoms with Gasteiger partial charge in [0.15, 0.2) is 0 Å². The Hall–Kier alpha value is -2.04. The Morgan fingerprint density at radius 1 is 1.23 bits per heavy atom. The molecule has 0 aromatic heterocycles. The molecule has 0 aliphatic heterocycles. The summed E-state index contributed by atoms with van der Waals surface area (Å²) in [7, 11) is 0. The van der Waals surface area contributed by atoms with Crippen molar-refractivity contribution in [3.05, 3.63) is 29.8 Å². The Bertz CT molecular complexity index is 506. The second-order valence-electron chi connectivity index (χ2n) is 5.76. The van der Waals surface area contributed by atoms with Crippen molar-refractivity contribution in [1.82, 2.24) is 5.32 Å². The lowest BCUT2D eigenvalue weighted by atomic mass is 9.80. The van der Waals surface area contributed by atoms with Crippen molar-refractivity contribution in [2.75, 3.05) is 6.61 Å². The number of carboxylic acid groups (broad SMARTS) is 1. The van der Waals surface area contributed by atoms with Crippen LogP contribution >= 0.6 is 0 Å². The summed E-state index contributed by atoms with van der Waals surface area (Å²) in [5, 5.41) is 11.7. The maximum absolute atomic E-state index is 12.0. The molecule has 0 saturated heterocycles. The number of rotatable bonds is 8. The van der Waals surface area contributed by atoms with E-state index in [1.165, 1.54) is 0 Å². The summed E-state index contributed by atoms with van der Waals surface area (Å²) < 4.78 is 5.60. The molecule has 0 spiro atoms. The topological polar surface area (TPSA) is 75.6 Å². The van der Waals surface area contributed by atoms with Gasteiger partial charge in [-0.25, -0.2) is 0 Å². The molecule has 0 radical (unpaired) electrons. The third kappa shape index (κ3) is 4.48. The zero-order valence-electron chi connectivity index (χ0n) is 12.9. The summed E-state index contributed by atoms with van der Waals surface area (Å²) in [4.78, 5) is 22.8. The lowest BCUT2D eigenvalue weighted by molar-refractivity contribution is -0.145. The van der Waals surface area contributed by atoms with E-state index in [1.807, 2.05) is 0 Å². The predicted octanol–water partition coefficient (Wildman–Crippen LogP) is 2.85. The zero-order valence-corrected chi connectivity index (χ0v) is 12.9. The quantitative estimate of drug-likeness (QED) is 0.724. The second kappa shape index (κ2) is 7.82. The highest BCUT2D eigenvalue weighted by Gasteiger charge is 2.35. The Kier molecular flexibility index (Phi) is 5.81. The van der Waals surface area contributed by atoms with E-state index in [4.69, 9.17) is 9.84 Å². The normalized spacial score (nSPS) is 20.0. The summed E-state index contributed by atoms with van der Waals surface area (Å²) in [6.07, 6.45) is 4.37. The first kappa shape index (κ1) is 16.3. The zero-order chi connectivity index (χ0) is 15.9. The summed E-state index contributed by atoms with van der Waals surface area (Å²) in [6.45, 7) is 2.84. The third-order valence-electron chi connectivity index (χ3n) is 3.96. The maximum Gasteiger partial charge on any atom is 0.306 e. The van der Waals surface area contributed by atoms with Gasteiger partial charge in [-0.3, -0.25) is 9.59 Å². The largest absolute Gasteiger partial charge is 0.494 e. The first-order valence-electron chi connectivity index (χ1n) is 7.86. The van der Waals surface area contributed by atoms with Gasteiger partial charge in [0.1, 0.15) is 5.75 Å². The minimum atomic E-state index is -0.782. The molecule has 0 bridgehead atoms. The van der Waals surface area contributed by atoms with E-state index < -0.39 is 5.97 Å².